The summed E-state index contributed by atoms with van der Waals surface area (Å²) in [5, 5.41) is 0. The van der Waals surface area contributed by atoms with E-state index in [4.69, 9.17) is 0 Å². The normalized spacial score (nSPS) is 10.6. The van der Waals surface area contributed by atoms with E-state index in [1.165, 1.54) is 0 Å². The lowest BCUT2D eigenvalue weighted by Crippen LogP contribution is -2.30. The molecule has 0 N–H and O–H groups in total. The van der Waals surface area contributed by atoms with Crippen LogP contribution in [0.3, 0.4) is 0 Å². The number of aryl methyl sites for hydroxylation is 2. The number of nitrogens with zero attached hydrogens (tertiary/aromatic N) is 2. The number of benzene rings is 4. The predicted molar refractivity (Wildman–Crippen MR) is 146 cm³/mol. The molecule has 0 fully saturated rings. The third-order valence-electron chi connectivity index (χ3n) is 6.26. The molecule has 0 spiro atoms. The zero-order chi connectivity index (χ0) is 25.5. The van der Waals surface area contributed by atoms with Gasteiger partial charge in [-0.1, -0.05) is 90.0 Å². The molecule has 2 amide bonds. The summed E-state index contributed by atoms with van der Waals surface area (Å²) in [6.45, 7) is 5.10. The number of carbonyl (C=O) groups is 2. The molecule has 4 aromatic rings. The molecule has 4 aromatic carbocycles. The molecular formula is C32H32N2O2. The van der Waals surface area contributed by atoms with Crippen LogP contribution in [-0.2, 0) is 24.3 Å². The highest BCUT2D eigenvalue weighted by Crippen LogP contribution is 2.22. The van der Waals surface area contributed by atoms with Crippen LogP contribution in [0.1, 0.15) is 38.2 Å². The Morgan fingerprint density at radius 2 is 1.31 bits per heavy atom. The molecule has 0 aliphatic carbocycles. The molecule has 4 nitrogen and oxygen atoms in total. The van der Waals surface area contributed by atoms with Gasteiger partial charge in [0.2, 0.25) is 5.91 Å². The van der Waals surface area contributed by atoms with Crippen LogP contribution in [0.4, 0.5) is 5.69 Å². The number of carbonyl (C=O) groups excluding carboxylic acids is 2. The SMILES string of the molecule is Cc1ccc(C(=O)N(Cc2cccc(C)c2)c2ccc(CC(=O)N(C)Cc3ccccc3)cc2)cc1. The van der Waals surface area contributed by atoms with Crippen molar-refractivity contribution < 1.29 is 9.59 Å². The first-order valence-corrected chi connectivity index (χ1v) is 12.2. The van der Waals surface area contributed by atoms with Crippen molar-refractivity contribution in [3.8, 4) is 0 Å². The molecule has 182 valence electrons. The standard InChI is InChI=1S/C32H32N2O2/c1-24-12-16-29(17-13-24)32(36)34(23-28-11-7-8-25(2)20-28)30-18-14-26(15-19-30)21-31(35)33(3)22-27-9-5-4-6-10-27/h4-20H,21-23H2,1-3H3. The first-order chi connectivity index (χ1) is 17.4. The Bertz CT molecular complexity index is 1310. The number of anilines is 1. The van der Waals surface area contributed by atoms with Gasteiger partial charge in [-0.25, -0.2) is 0 Å². The second kappa shape index (κ2) is 11.5. The van der Waals surface area contributed by atoms with Gasteiger partial charge in [0, 0.05) is 24.8 Å². The average Bonchev–Trinajstić information content (AvgIpc) is 2.88. The summed E-state index contributed by atoms with van der Waals surface area (Å²) in [6, 6.07) is 33.6. The van der Waals surface area contributed by atoms with E-state index in [0.717, 1.165) is 33.5 Å². The summed E-state index contributed by atoms with van der Waals surface area (Å²) in [6.07, 6.45) is 0.313. The maximum atomic E-state index is 13.5. The van der Waals surface area contributed by atoms with Gasteiger partial charge < -0.3 is 9.80 Å². The average molecular weight is 477 g/mol. The molecule has 4 heteroatoms. The van der Waals surface area contributed by atoms with E-state index in [1.54, 1.807) is 9.80 Å². The topological polar surface area (TPSA) is 40.6 Å². The van der Waals surface area contributed by atoms with Crippen LogP contribution in [0.25, 0.3) is 0 Å². The molecule has 0 unspecified atom stereocenters. The van der Waals surface area contributed by atoms with Crippen LogP contribution >= 0.6 is 0 Å². The second-order valence-electron chi connectivity index (χ2n) is 9.32. The van der Waals surface area contributed by atoms with E-state index in [0.29, 0.717) is 25.1 Å². The monoisotopic (exact) mass is 476 g/mol. The van der Waals surface area contributed by atoms with Crippen molar-refractivity contribution in [2.75, 3.05) is 11.9 Å². The number of rotatable bonds is 8. The molecule has 0 aromatic heterocycles. The van der Waals surface area contributed by atoms with E-state index in [2.05, 4.69) is 19.1 Å². The van der Waals surface area contributed by atoms with Crippen LogP contribution in [0, 0.1) is 13.8 Å². The molecule has 0 bridgehead atoms. The van der Waals surface area contributed by atoms with Crippen molar-refractivity contribution >= 4 is 17.5 Å². The van der Waals surface area contributed by atoms with Crippen molar-refractivity contribution in [2.24, 2.45) is 0 Å². The molecule has 0 saturated carbocycles. The fourth-order valence-electron chi connectivity index (χ4n) is 4.17. The zero-order valence-corrected chi connectivity index (χ0v) is 21.1. The molecule has 4 rings (SSSR count). The third-order valence-corrected chi connectivity index (χ3v) is 6.26. The minimum absolute atomic E-state index is 0.0528. The number of hydrogen-bond donors (Lipinski definition) is 0. The minimum Gasteiger partial charge on any atom is -0.341 e. The van der Waals surface area contributed by atoms with Crippen LogP contribution in [-0.4, -0.2) is 23.8 Å². The van der Waals surface area contributed by atoms with Gasteiger partial charge in [0.05, 0.1) is 13.0 Å². The molecule has 0 aliphatic rings. The molecule has 0 radical (unpaired) electrons. The maximum absolute atomic E-state index is 13.5. The quantitative estimate of drug-likeness (QED) is 0.297. The van der Waals surface area contributed by atoms with Crippen molar-refractivity contribution in [3.05, 3.63) is 137 Å². The summed E-state index contributed by atoms with van der Waals surface area (Å²) in [7, 11) is 1.83. The summed E-state index contributed by atoms with van der Waals surface area (Å²) >= 11 is 0. The van der Waals surface area contributed by atoms with Crippen molar-refractivity contribution in [3.63, 3.8) is 0 Å². The molecule has 0 heterocycles. The summed E-state index contributed by atoms with van der Waals surface area (Å²) in [4.78, 5) is 29.9. The first kappa shape index (κ1) is 24.9. The zero-order valence-electron chi connectivity index (χ0n) is 21.1. The van der Waals surface area contributed by atoms with Crippen molar-refractivity contribution in [2.45, 2.75) is 33.4 Å². The lowest BCUT2D eigenvalue weighted by Gasteiger charge is -2.24. The molecule has 0 atom stereocenters. The predicted octanol–water partition coefficient (Wildman–Crippen LogP) is 6.35. The molecule has 0 saturated heterocycles. The van der Waals surface area contributed by atoms with Crippen LogP contribution in [0.15, 0.2) is 103 Å². The van der Waals surface area contributed by atoms with Gasteiger partial charge in [0.1, 0.15) is 0 Å². The van der Waals surface area contributed by atoms with Crippen LogP contribution in [0.2, 0.25) is 0 Å². The lowest BCUT2D eigenvalue weighted by molar-refractivity contribution is -0.129. The summed E-state index contributed by atoms with van der Waals surface area (Å²) < 4.78 is 0. The Hall–Kier alpha value is -4.18. The Labute approximate surface area is 213 Å². The van der Waals surface area contributed by atoms with Crippen molar-refractivity contribution in [1.82, 2.24) is 4.90 Å². The molecular weight excluding hydrogens is 444 g/mol. The second-order valence-corrected chi connectivity index (χ2v) is 9.32. The van der Waals surface area contributed by atoms with Gasteiger partial charge in [-0.05, 0) is 54.8 Å². The summed E-state index contributed by atoms with van der Waals surface area (Å²) in [5.41, 5.74) is 6.81. The van der Waals surface area contributed by atoms with Gasteiger partial charge in [-0.3, -0.25) is 9.59 Å². The van der Waals surface area contributed by atoms with Gasteiger partial charge in [-0.15, -0.1) is 0 Å². The minimum atomic E-state index is -0.0528. The fraction of sp³-hybridized carbons (Fsp3) is 0.188. The Morgan fingerprint density at radius 1 is 0.639 bits per heavy atom. The summed E-state index contributed by atoms with van der Waals surface area (Å²) in [5.74, 6) is 0.00174. The van der Waals surface area contributed by atoms with Gasteiger partial charge in [-0.2, -0.15) is 0 Å². The van der Waals surface area contributed by atoms with Gasteiger partial charge in [0.15, 0.2) is 0 Å². The van der Waals surface area contributed by atoms with E-state index in [1.807, 2.05) is 105 Å². The highest BCUT2D eigenvalue weighted by Gasteiger charge is 2.19. The third kappa shape index (κ3) is 6.48. The highest BCUT2D eigenvalue weighted by molar-refractivity contribution is 6.06. The Morgan fingerprint density at radius 3 is 1.97 bits per heavy atom. The Kier molecular flexibility index (Phi) is 7.96. The van der Waals surface area contributed by atoms with Gasteiger partial charge >= 0.3 is 0 Å². The number of amides is 2. The largest absolute Gasteiger partial charge is 0.341 e. The van der Waals surface area contributed by atoms with Crippen LogP contribution < -0.4 is 4.90 Å². The van der Waals surface area contributed by atoms with E-state index in [-0.39, 0.29) is 11.8 Å². The van der Waals surface area contributed by atoms with Gasteiger partial charge in [0.25, 0.3) is 5.91 Å². The molecule has 0 aliphatic heterocycles. The number of hydrogen-bond acceptors (Lipinski definition) is 2. The molecule has 36 heavy (non-hydrogen) atoms. The fourth-order valence-corrected chi connectivity index (χ4v) is 4.17. The van der Waals surface area contributed by atoms with E-state index < -0.39 is 0 Å². The first-order valence-electron chi connectivity index (χ1n) is 12.2. The highest BCUT2D eigenvalue weighted by atomic mass is 16.2. The van der Waals surface area contributed by atoms with Crippen LogP contribution in [0.5, 0.6) is 0 Å². The maximum Gasteiger partial charge on any atom is 0.258 e. The Balaban J connectivity index is 1.52. The van der Waals surface area contributed by atoms with Crippen molar-refractivity contribution in [1.29, 1.82) is 0 Å². The number of likely N-dealkylation sites (N-methyl/N-ethyl adjacent to an activating group) is 1. The van der Waals surface area contributed by atoms with E-state index >= 15 is 0 Å². The van der Waals surface area contributed by atoms with E-state index in [9.17, 15) is 9.59 Å². The smallest absolute Gasteiger partial charge is 0.258 e. The lowest BCUT2D eigenvalue weighted by atomic mass is 10.1.